The minimum atomic E-state index is -0.646. The molecule has 0 bridgehead atoms. The lowest BCUT2D eigenvalue weighted by Crippen LogP contribution is -2.29. The van der Waals surface area contributed by atoms with Crippen molar-refractivity contribution in [2.75, 3.05) is 39.3 Å². The van der Waals surface area contributed by atoms with Crippen LogP contribution < -0.4 is 19.1 Å². The Bertz CT molecular complexity index is 994. The molecule has 1 aliphatic rings. The molecule has 10 heteroatoms. The smallest absolute Gasteiger partial charge is 0.299 e. The maximum absolute atomic E-state index is 11.4. The SMILES string of the molecule is COc1cc(OC)c(C2=CCN(c3ccc([N+](=O)[O-])cc3[N+](=O)[O-])CC2)c(OC)c1. The Hall–Kier alpha value is -3.82. The van der Waals surface area contributed by atoms with E-state index in [4.69, 9.17) is 14.2 Å². The van der Waals surface area contributed by atoms with Gasteiger partial charge >= 0.3 is 0 Å². The summed E-state index contributed by atoms with van der Waals surface area (Å²) >= 11 is 0. The summed E-state index contributed by atoms with van der Waals surface area (Å²) in [5.41, 5.74) is 1.52. The Morgan fingerprint density at radius 1 is 0.933 bits per heavy atom. The molecule has 158 valence electrons. The molecule has 30 heavy (non-hydrogen) atoms. The van der Waals surface area contributed by atoms with Gasteiger partial charge in [-0.25, -0.2) is 0 Å². The van der Waals surface area contributed by atoms with Crippen LogP contribution in [0.15, 0.2) is 36.4 Å². The second kappa shape index (κ2) is 8.68. The van der Waals surface area contributed by atoms with Crippen LogP contribution in [0.4, 0.5) is 17.1 Å². The molecule has 0 unspecified atom stereocenters. The van der Waals surface area contributed by atoms with Crippen LogP contribution in [0.25, 0.3) is 5.57 Å². The van der Waals surface area contributed by atoms with E-state index in [-0.39, 0.29) is 11.4 Å². The molecule has 0 saturated heterocycles. The van der Waals surface area contributed by atoms with E-state index in [0.29, 0.717) is 42.4 Å². The molecule has 0 aromatic heterocycles. The number of methoxy groups -OCH3 is 3. The zero-order valence-electron chi connectivity index (χ0n) is 16.8. The number of rotatable bonds is 7. The summed E-state index contributed by atoms with van der Waals surface area (Å²) in [5.74, 6) is 1.81. The summed E-state index contributed by atoms with van der Waals surface area (Å²) in [6.45, 7) is 0.884. The maximum atomic E-state index is 11.4. The highest BCUT2D eigenvalue weighted by Gasteiger charge is 2.26. The molecule has 0 radical (unpaired) electrons. The third-order valence-corrected chi connectivity index (χ3v) is 4.95. The van der Waals surface area contributed by atoms with Gasteiger partial charge in [-0.1, -0.05) is 6.08 Å². The Balaban J connectivity index is 1.95. The molecule has 0 amide bonds. The largest absolute Gasteiger partial charge is 0.496 e. The normalized spacial score (nSPS) is 13.4. The van der Waals surface area contributed by atoms with Crippen molar-refractivity contribution in [3.8, 4) is 17.2 Å². The number of non-ortho nitro benzene ring substituents is 1. The first-order chi connectivity index (χ1) is 14.4. The first kappa shape index (κ1) is 20.9. The van der Waals surface area contributed by atoms with Gasteiger partial charge in [0.15, 0.2) is 0 Å². The molecule has 10 nitrogen and oxygen atoms in total. The topological polar surface area (TPSA) is 117 Å². The molecule has 0 atom stereocenters. The van der Waals surface area contributed by atoms with Crippen LogP contribution in [0, 0.1) is 20.2 Å². The monoisotopic (exact) mass is 415 g/mol. The number of nitro groups is 2. The molecule has 0 saturated carbocycles. The molecule has 2 aromatic carbocycles. The van der Waals surface area contributed by atoms with Crippen LogP contribution in [0.2, 0.25) is 0 Å². The summed E-state index contributed by atoms with van der Waals surface area (Å²) in [4.78, 5) is 23.0. The number of hydrogen-bond acceptors (Lipinski definition) is 8. The van der Waals surface area contributed by atoms with Gasteiger partial charge in [0.1, 0.15) is 22.9 Å². The van der Waals surface area contributed by atoms with E-state index in [1.807, 2.05) is 11.0 Å². The highest BCUT2D eigenvalue weighted by atomic mass is 16.6. The highest BCUT2D eigenvalue weighted by Crippen LogP contribution is 2.42. The van der Waals surface area contributed by atoms with Crippen LogP contribution in [0.5, 0.6) is 17.2 Å². The van der Waals surface area contributed by atoms with Crippen LogP contribution in [0.1, 0.15) is 12.0 Å². The van der Waals surface area contributed by atoms with E-state index in [0.717, 1.165) is 17.2 Å². The van der Waals surface area contributed by atoms with Crippen molar-refractivity contribution in [2.24, 2.45) is 0 Å². The van der Waals surface area contributed by atoms with Crippen molar-refractivity contribution in [1.82, 2.24) is 0 Å². The number of anilines is 1. The van der Waals surface area contributed by atoms with E-state index in [1.54, 1.807) is 33.5 Å². The molecule has 0 N–H and O–H groups in total. The molecule has 3 rings (SSSR count). The van der Waals surface area contributed by atoms with Crippen molar-refractivity contribution in [3.05, 3.63) is 62.2 Å². The molecule has 1 heterocycles. The van der Waals surface area contributed by atoms with E-state index < -0.39 is 9.85 Å². The highest BCUT2D eigenvalue weighted by molar-refractivity contribution is 5.79. The van der Waals surface area contributed by atoms with E-state index in [2.05, 4.69) is 0 Å². The fourth-order valence-electron chi connectivity index (χ4n) is 3.48. The van der Waals surface area contributed by atoms with Crippen molar-refractivity contribution < 1.29 is 24.1 Å². The average molecular weight is 415 g/mol. The molecule has 1 aliphatic heterocycles. The van der Waals surface area contributed by atoms with Crippen molar-refractivity contribution in [1.29, 1.82) is 0 Å². The lowest BCUT2D eigenvalue weighted by Gasteiger charge is -2.29. The summed E-state index contributed by atoms with van der Waals surface area (Å²) < 4.78 is 16.3. The van der Waals surface area contributed by atoms with Crippen molar-refractivity contribution in [3.63, 3.8) is 0 Å². The second-order valence-electron chi connectivity index (χ2n) is 6.52. The van der Waals surface area contributed by atoms with E-state index in [9.17, 15) is 20.2 Å². The second-order valence-corrected chi connectivity index (χ2v) is 6.52. The first-order valence-electron chi connectivity index (χ1n) is 9.06. The van der Waals surface area contributed by atoms with Gasteiger partial charge in [0.05, 0.1) is 42.8 Å². The fraction of sp³-hybridized carbons (Fsp3) is 0.300. The number of nitro benzene ring substituents is 2. The number of nitrogens with zero attached hydrogens (tertiary/aromatic N) is 3. The third kappa shape index (κ3) is 3.97. The number of hydrogen-bond donors (Lipinski definition) is 0. The summed E-state index contributed by atoms with van der Waals surface area (Å²) in [5, 5.41) is 22.4. The van der Waals surface area contributed by atoms with E-state index >= 15 is 0 Å². The predicted octanol–water partition coefficient (Wildman–Crippen LogP) is 3.82. The Kier molecular flexibility index (Phi) is 6.05. The van der Waals surface area contributed by atoms with Crippen LogP contribution in [0.3, 0.4) is 0 Å². The lowest BCUT2D eigenvalue weighted by molar-refractivity contribution is -0.393. The zero-order chi connectivity index (χ0) is 21.8. The number of benzene rings is 2. The molecular weight excluding hydrogens is 394 g/mol. The van der Waals surface area contributed by atoms with Gasteiger partial charge in [-0.2, -0.15) is 0 Å². The van der Waals surface area contributed by atoms with Crippen molar-refractivity contribution in [2.45, 2.75) is 6.42 Å². The summed E-state index contributed by atoms with van der Waals surface area (Å²) in [7, 11) is 4.68. The van der Waals surface area contributed by atoms with Gasteiger partial charge < -0.3 is 19.1 Å². The van der Waals surface area contributed by atoms with Gasteiger partial charge in [-0.05, 0) is 18.1 Å². The molecular formula is C20H21N3O7. The Labute approximate surface area is 172 Å². The summed E-state index contributed by atoms with van der Waals surface area (Å²) in [6.07, 6.45) is 2.52. The lowest BCUT2D eigenvalue weighted by atomic mass is 9.96. The van der Waals surface area contributed by atoms with Crippen molar-refractivity contribution >= 4 is 22.6 Å². The molecule has 0 aliphatic carbocycles. The van der Waals surface area contributed by atoms with Gasteiger partial charge in [-0.3, -0.25) is 20.2 Å². The first-order valence-corrected chi connectivity index (χ1v) is 9.06. The zero-order valence-corrected chi connectivity index (χ0v) is 16.8. The fourth-order valence-corrected chi connectivity index (χ4v) is 3.48. The standard InChI is InChI=1S/C20H21N3O7/c1-28-15-11-18(29-2)20(19(12-15)30-3)13-6-8-21(9-7-13)16-5-4-14(22(24)25)10-17(16)23(26)27/h4-6,10-12H,7-9H2,1-3H3. The van der Waals surface area contributed by atoms with Gasteiger partial charge in [0.2, 0.25) is 0 Å². The average Bonchev–Trinajstić information content (AvgIpc) is 2.77. The van der Waals surface area contributed by atoms with Crippen LogP contribution >= 0.6 is 0 Å². The maximum Gasteiger partial charge on any atom is 0.299 e. The Morgan fingerprint density at radius 3 is 2.07 bits per heavy atom. The van der Waals surface area contributed by atoms with Gasteiger partial charge in [-0.15, -0.1) is 0 Å². The van der Waals surface area contributed by atoms with Crippen LogP contribution in [-0.4, -0.2) is 44.3 Å². The predicted molar refractivity (Wildman–Crippen MR) is 111 cm³/mol. The van der Waals surface area contributed by atoms with E-state index in [1.165, 1.54) is 12.1 Å². The number of ether oxygens (including phenoxy) is 3. The quantitative estimate of drug-likeness (QED) is 0.495. The minimum Gasteiger partial charge on any atom is -0.496 e. The minimum absolute atomic E-state index is 0.291. The molecule has 2 aromatic rings. The molecule has 0 spiro atoms. The third-order valence-electron chi connectivity index (χ3n) is 4.95. The van der Waals surface area contributed by atoms with Gasteiger partial charge in [0.25, 0.3) is 11.4 Å². The van der Waals surface area contributed by atoms with Crippen LogP contribution in [-0.2, 0) is 0 Å². The molecule has 0 fully saturated rings. The summed E-state index contributed by atoms with van der Waals surface area (Å²) in [6, 6.07) is 7.23. The Morgan fingerprint density at radius 2 is 1.60 bits per heavy atom. The van der Waals surface area contributed by atoms with Gasteiger partial charge in [0, 0.05) is 31.3 Å².